The summed E-state index contributed by atoms with van der Waals surface area (Å²) in [5, 5.41) is 0.0842. The fourth-order valence-corrected chi connectivity index (χ4v) is 4.04. The van der Waals surface area contributed by atoms with E-state index in [1.54, 1.807) is 13.0 Å². The Hall–Kier alpha value is -1.83. The maximum Gasteiger partial charge on any atom is 0.416 e. The van der Waals surface area contributed by atoms with E-state index in [0.29, 0.717) is 24.2 Å². The lowest BCUT2D eigenvalue weighted by molar-refractivity contribution is -0.137. The highest BCUT2D eigenvalue weighted by molar-refractivity contribution is 7.92. The summed E-state index contributed by atoms with van der Waals surface area (Å²) in [6.07, 6.45) is -2.97. The van der Waals surface area contributed by atoms with Gasteiger partial charge in [-0.2, -0.15) is 13.2 Å². The molecule has 1 saturated heterocycles. The lowest BCUT2D eigenvalue weighted by Crippen LogP contribution is -2.45. The van der Waals surface area contributed by atoms with Crippen LogP contribution in [0.25, 0.3) is 10.9 Å². The fraction of sp³-hybridized carbons (Fsp3) is 0.400. The molecule has 23 heavy (non-hydrogen) atoms. The van der Waals surface area contributed by atoms with Gasteiger partial charge >= 0.3 is 6.18 Å². The van der Waals surface area contributed by atoms with Gasteiger partial charge in [-0.25, -0.2) is 8.42 Å². The van der Waals surface area contributed by atoms with Gasteiger partial charge in [0.25, 0.3) is 0 Å². The Bertz CT molecular complexity index is 849. The van der Waals surface area contributed by atoms with Gasteiger partial charge in [-0.15, -0.1) is 0 Å². The number of sulfone groups is 1. The van der Waals surface area contributed by atoms with Crippen molar-refractivity contribution in [3.05, 3.63) is 36.0 Å². The van der Waals surface area contributed by atoms with Gasteiger partial charge in [0.15, 0.2) is 9.84 Å². The molecule has 1 fully saturated rings. The molecule has 0 spiro atoms. The highest BCUT2D eigenvalue weighted by atomic mass is 32.2. The van der Waals surface area contributed by atoms with Crippen molar-refractivity contribution in [2.45, 2.75) is 18.3 Å². The molecule has 1 aliphatic rings. The molecule has 8 heteroatoms. The summed E-state index contributed by atoms with van der Waals surface area (Å²) in [5.74, 6) is 0.0403. The SMILES string of the molecule is CC1CN(c2ccnc3cc(C(F)(F)F)ccc23)CCS1(=O)=O. The molecular formula is C15H15F3N2O2S. The van der Waals surface area contributed by atoms with Crippen molar-refractivity contribution < 1.29 is 21.6 Å². The van der Waals surface area contributed by atoms with Gasteiger partial charge in [0, 0.05) is 30.4 Å². The summed E-state index contributed by atoms with van der Waals surface area (Å²) in [5.41, 5.74) is 0.216. The zero-order valence-electron chi connectivity index (χ0n) is 12.3. The number of pyridine rings is 1. The number of fused-ring (bicyclic) bond motifs is 1. The van der Waals surface area contributed by atoms with E-state index in [0.717, 1.165) is 12.1 Å². The van der Waals surface area contributed by atoms with Crippen molar-refractivity contribution >= 4 is 26.4 Å². The van der Waals surface area contributed by atoms with E-state index in [-0.39, 0.29) is 11.3 Å². The first-order valence-electron chi connectivity index (χ1n) is 7.11. The monoisotopic (exact) mass is 344 g/mol. The van der Waals surface area contributed by atoms with Gasteiger partial charge in [0.2, 0.25) is 0 Å². The number of aromatic nitrogens is 1. The molecule has 0 amide bonds. The number of benzene rings is 1. The number of hydrogen-bond donors (Lipinski definition) is 0. The van der Waals surface area contributed by atoms with Crippen LogP contribution in [0.2, 0.25) is 0 Å². The minimum Gasteiger partial charge on any atom is -0.369 e. The summed E-state index contributed by atoms with van der Waals surface area (Å²) in [6.45, 7) is 2.29. The predicted octanol–water partition coefficient (Wildman–Crippen LogP) is 2.88. The molecule has 4 nitrogen and oxygen atoms in total. The lowest BCUT2D eigenvalue weighted by Gasteiger charge is -2.33. The molecular weight excluding hydrogens is 329 g/mol. The van der Waals surface area contributed by atoms with Gasteiger partial charge < -0.3 is 4.90 Å². The molecule has 0 saturated carbocycles. The quantitative estimate of drug-likeness (QED) is 0.798. The maximum absolute atomic E-state index is 12.8. The zero-order valence-corrected chi connectivity index (χ0v) is 13.2. The topological polar surface area (TPSA) is 50.3 Å². The Morgan fingerprint density at radius 3 is 2.65 bits per heavy atom. The minimum absolute atomic E-state index is 0.0403. The van der Waals surface area contributed by atoms with Crippen LogP contribution in [-0.2, 0) is 16.0 Å². The molecule has 1 atom stereocenters. The van der Waals surface area contributed by atoms with Gasteiger partial charge in [-0.1, -0.05) is 6.07 Å². The smallest absolute Gasteiger partial charge is 0.369 e. The van der Waals surface area contributed by atoms with Crippen LogP contribution in [0, 0.1) is 0 Å². The number of halogens is 3. The van der Waals surface area contributed by atoms with Gasteiger partial charge in [-0.3, -0.25) is 4.98 Å². The second kappa shape index (κ2) is 5.36. The van der Waals surface area contributed by atoms with Gasteiger partial charge in [-0.05, 0) is 25.1 Å². The van der Waals surface area contributed by atoms with E-state index in [1.807, 2.05) is 4.90 Å². The predicted molar refractivity (Wildman–Crippen MR) is 82.2 cm³/mol. The van der Waals surface area contributed by atoms with E-state index in [4.69, 9.17) is 0 Å². The minimum atomic E-state index is -4.42. The number of nitrogens with zero attached hydrogens (tertiary/aromatic N) is 2. The molecule has 1 aromatic heterocycles. The average Bonchev–Trinajstić information content (AvgIpc) is 2.48. The maximum atomic E-state index is 12.8. The molecule has 2 aromatic rings. The zero-order chi connectivity index (χ0) is 16.8. The molecule has 0 radical (unpaired) electrons. The standard InChI is InChI=1S/C15H15F3N2O2S/c1-10-9-20(6-7-23(10,21)22)14-4-5-19-13-8-11(15(16,17)18)2-3-12(13)14/h2-5,8,10H,6-7,9H2,1H3. The lowest BCUT2D eigenvalue weighted by atomic mass is 10.1. The van der Waals surface area contributed by atoms with Crippen molar-refractivity contribution in [3.63, 3.8) is 0 Å². The summed E-state index contributed by atoms with van der Waals surface area (Å²) < 4.78 is 62.0. The molecule has 0 aliphatic carbocycles. The highest BCUT2D eigenvalue weighted by Gasteiger charge is 2.32. The Labute approximate surface area is 131 Å². The van der Waals surface area contributed by atoms with Crippen LogP contribution in [0.15, 0.2) is 30.5 Å². The van der Waals surface area contributed by atoms with Gasteiger partial charge in [0.1, 0.15) is 0 Å². The van der Waals surface area contributed by atoms with E-state index in [2.05, 4.69) is 4.98 Å². The van der Waals surface area contributed by atoms with E-state index >= 15 is 0 Å². The van der Waals surface area contributed by atoms with Crippen molar-refractivity contribution in [2.24, 2.45) is 0 Å². The molecule has 1 aromatic carbocycles. The van der Waals surface area contributed by atoms with Crippen molar-refractivity contribution in [3.8, 4) is 0 Å². The van der Waals surface area contributed by atoms with E-state index < -0.39 is 26.8 Å². The van der Waals surface area contributed by atoms with Gasteiger partial charge in [0.05, 0.1) is 22.1 Å². The first-order chi connectivity index (χ1) is 10.7. The number of alkyl halides is 3. The second-order valence-corrected chi connectivity index (χ2v) is 8.22. The third kappa shape index (κ3) is 2.99. The normalized spacial score (nSPS) is 21.6. The number of hydrogen-bond acceptors (Lipinski definition) is 4. The molecule has 3 rings (SSSR count). The summed E-state index contributed by atoms with van der Waals surface area (Å²) >= 11 is 0. The molecule has 1 aliphatic heterocycles. The third-order valence-electron chi connectivity index (χ3n) is 4.12. The van der Waals surface area contributed by atoms with E-state index in [1.165, 1.54) is 12.3 Å². The molecule has 0 N–H and O–H groups in total. The Balaban J connectivity index is 2.02. The van der Waals surface area contributed by atoms with Crippen LogP contribution in [0.1, 0.15) is 12.5 Å². The molecule has 1 unspecified atom stereocenters. The second-order valence-electron chi connectivity index (χ2n) is 5.68. The Morgan fingerprint density at radius 1 is 1.26 bits per heavy atom. The molecule has 124 valence electrons. The Kier molecular flexibility index (Phi) is 3.74. The Morgan fingerprint density at radius 2 is 2.00 bits per heavy atom. The van der Waals surface area contributed by atoms with Crippen LogP contribution in [-0.4, -0.2) is 37.5 Å². The van der Waals surface area contributed by atoms with E-state index in [9.17, 15) is 21.6 Å². The van der Waals surface area contributed by atoms with Crippen molar-refractivity contribution in [1.29, 1.82) is 0 Å². The summed E-state index contributed by atoms with van der Waals surface area (Å²) in [4.78, 5) is 5.91. The van der Waals surface area contributed by atoms with Crippen LogP contribution < -0.4 is 4.90 Å². The first kappa shape index (κ1) is 16.0. The van der Waals surface area contributed by atoms with Crippen LogP contribution >= 0.6 is 0 Å². The highest BCUT2D eigenvalue weighted by Crippen LogP contribution is 2.34. The van der Waals surface area contributed by atoms with Crippen LogP contribution in [0.5, 0.6) is 0 Å². The molecule has 2 heterocycles. The first-order valence-corrected chi connectivity index (χ1v) is 8.82. The summed E-state index contributed by atoms with van der Waals surface area (Å²) in [6, 6.07) is 5.15. The van der Waals surface area contributed by atoms with Crippen LogP contribution in [0.4, 0.5) is 18.9 Å². The third-order valence-corrected chi connectivity index (χ3v) is 6.25. The summed E-state index contributed by atoms with van der Waals surface area (Å²) in [7, 11) is -3.09. The average molecular weight is 344 g/mol. The van der Waals surface area contributed by atoms with Crippen LogP contribution in [0.3, 0.4) is 0 Å². The van der Waals surface area contributed by atoms with Crippen molar-refractivity contribution in [1.82, 2.24) is 4.98 Å². The fourth-order valence-electron chi connectivity index (χ4n) is 2.76. The largest absolute Gasteiger partial charge is 0.416 e. The molecule has 0 bridgehead atoms. The van der Waals surface area contributed by atoms with Crippen molar-refractivity contribution in [2.75, 3.05) is 23.7 Å². The number of anilines is 1. The number of rotatable bonds is 1.